The van der Waals surface area contributed by atoms with Gasteiger partial charge in [-0.3, -0.25) is 14.3 Å². The van der Waals surface area contributed by atoms with Gasteiger partial charge in [0.05, 0.1) is 5.69 Å². The standard InChI is InChI=1S/C26H21N5O3S/c1-16-5-3-4-6-22(16)31-25(18-9-11-27-12-10-18)29-30-26(31)35-15-19-13-24(33)34-23-14-20(28-17(2)32)7-8-21(19)23/h3-14H,15H2,1-2H3,(H,28,32). The van der Waals surface area contributed by atoms with Gasteiger partial charge in [0.2, 0.25) is 5.91 Å². The summed E-state index contributed by atoms with van der Waals surface area (Å²) in [5.74, 6) is 0.989. The van der Waals surface area contributed by atoms with Gasteiger partial charge in [0, 0.05) is 53.8 Å². The first-order chi connectivity index (χ1) is 17.0. The summed E-state index contributed by atoms with van der Waals surface area (Å²) in [4.78, 5) is 27.8. The third-order valence-electron chi connectivity index (χ3n) is 5.44. The van der Waals surface area contributed by atoms with Crippen molar-refractivity contribution in [3.05, 3.63) is 94.6 Å². The van der Waals surface area contributed by atoms with Crippen molar-refractivity contribution in [1.82, 2.24) is 19.7 Å². The maximum absolute atomic E-state index is 12.3. The molecule has 9 heteroatoms. The Morgan fingerprint density at radius 1 is 1.06 bits per heavy atom. The molecular formula is C26H21N5O3S. The molecule has 1 N–H and O–H groups in total. The van der Waals surface area contributed by atoms with E-state index in [1.807, 2.05) is 54.0 Å². The molecule has 0 unspecified atom stereocenters. The quantitative estimate of drug-likeness (QED) is 0.268. The number of benzene rings is 2. The Balaban J connectivity index is 1.54. The minimum Gasteiger partial charge on any atom is -0.423 e. The molecule has 0 aliphatic rings. The first-order valence-electron chi connectivity index (χ1n) is 10.9. The van der Waals surface area contributed by atoms with Crippen LogP contribution in [0.5, 0.6) is 0 Å². The number of nitrogens with one attached hydrogen (secondary N) is 1. The number of hydrogen-bond acceptors (Lipinski definition) is 7. The Bertz CT molecular complexity index is 1590. The highest BCUT2D eigenvalue weighted by atomic mass is 32.2. The minimum absolute atomic E-state index is 0.195. The van der Waals surface area contributed by atoms with Crippen molar-refractivity contribution in [3.63, 3.8) is 0 Å². The number of carbonyl (C=O) groups excluding carboxylic acids is 1. The van der Waals surface area contributed by atoms with Crippen LogP contribution >= 0.6 is 11.8 Å². The van der Waals surface area contributed by atoms with Crippen molar-refractivity contribution in [3.8, 4) is 17.1 Å². The number of pyridine rings is 1. The van der Waals surface area contributed by atoms with Gasteiger partial charge in [-0.25, -0.2) is 4.79 Å². The lowest BCUT2D eigenvalue weighted by Gasteiger charge is -2.13. The van der Waals surface area contributed by atoms with Crippen LogP contribution in [0.25, 0.3) is 28.0 Å². The predicted octanol–water partition coefficient (Wildman–Crippen LogP) is 4.99. The topological polar surface area (TPSA) is 103 Å². The van der Waals surface area contributed by atoms with Crippen LogP contribution in [-0.4, -0.2) is 25.7 Å². The summed E-state index contributed by atoms with van der Waals surface area (Å²) in [7, 11) is 0. The molecule has 5 aromatic rings. The van der Waals surface area contributed by atoms with Gasteiger partial charge in [-0.2, -0.15) is 0 Å². The second kappa shape index (κ2) is 9.55. The van der Waals surface area contributed by atoms with Crippen LogP contribution in [0, 0.1) is 6.92 Å². The van der Waals surface area contributed by atoms with Crippen molar-refractivity contribution < 1.29 is 9.21 Å². The zero-order valence-corrected chi connectivity index (χ0v) is 19.9. The van der Waals surface area contributed by atoms with Crippen LogP contribution in [-0.2, 0) is 10.5 Å². The highest BCUT2D eigenvalue weighted by Gasteiger charge is 2.18. The third kappa shape index (κ3) is 4.71. The lowest BCUT2D eigenvalue weighted by Crippen LogP contribution is -2.06. The molecule has 2 aromatic carbocycles. The summed E-state index contributed by atoms with van der Waals surface area (Å²) in [5, 5.41) is 13.2. The average molecular weight is 484 g/mol. The molecule has 1 amide bonds. The van der Waals surface area contributed by atoms with Gasteiger partial charge in [-0.05, 0) is 48.4 Å². The maximum Gasteiger partial charge on any atom is 0.336 e. The Labute approximate surface area is 205 Å². The number of carbonyl (C=O) groups is 1. The van der Waals surface area contributed by atoms with Gasteiger partial charge in [0.15, 0.2) is 11.0 Å². The monoisotopic (exact) mass is 483 g/mol. The van der Waals surface area contributed by atoms with Crippen LogP contribution in [0.3, 0.4) is 0 Å². The minimum atomic E-state index is -0.453. The molecule has 0 saturated carbocycles. The fraction of sp³-hybridized carbons (Fsp3) is 0.115. The largest absolute Gasteiger partial charge is 0.423 e. The number of aromatic nitrogens is 4. The van der Waals surface area contributed by atoms with E-state index < -0.39 is 5.63 Å². The van der Waals surface area contributed by atoms with Crippen LogP contribution in [0.15, 0.2) is 87.4 Å². The summed E-state index contributed by atoms with van der Waals surface area (Å²) in [6.07, 6.45) is 3.45. The van der Waals surface area contributed by atoms with Crippen LogP contribution in [0.1, 0.15) is 18.1 Å². The van der Waals surface area contributed by atoms with Gasteiger partial charge in [-0.15, -0.1) is 10.2 Å². The highest BCUT2D eigenvalue weighted by molar-refractivity contribution is 7.98. The molecule has 0 fully saturated rings. The van der Waals surface area contributed by atoms with E-state index in [4.69, 9.17) is 4.42 Å². The zero-order valence-electron chi connectivity index (χ0n) is 19.1. The molecule has 0 aliphatic carbocycles. The fourth-order valence-electron chi connectivity index (χ4n) is 3.86. The fourth-order valence-corrected chi connectivity index (χ4v) is 4.79. The number of para-hydroxylation sites is 1. The zero-order chi connectivity index (χ0) is 24.4. The van der Waals surface area contributed by atoms with Crippen molar-refractivity contribution >= 4 is 34.3 Å². The second-order valence-electron chi connectivity index (χ2n) is 7.94. The summed E-state index contributed by atoms with van der Waals surface area (Å²) in [5.41, 5.74) is 4.30. The predicted molar refractivity (Wildman–Crippen MR) is 136 cm³/mol. The molecule has 0 spiro atoms. The van der Waals surface area contributed by atoms with E-state index in [1.165, 1.54) is 24.8 Å². The van der Waals surface area contributed by atoms with Crippen molar-refractivity contribution in [2.24, 2.45) is 0 Å². The van der Waals surface area contributed by atoms with E-state index >= 15 is 0 Å². The van der Waals surface area contributed by atoms with Crippen LogP contribution < -0.4 is 10.9 Å². The molecule has 3 heterocycles. The number of rotatable bonds is 6. The number of anilines is 1. The lowest BCUT2D eigenvalue weighted by atomic mass is 10.1. The normalized spacial score (nSPS) is 11.0. The number of amides is 1. The molecule has 35 heavy (non-hydrogen) atoms. The molecule has 0 aliphatic heterocycles. The molecule has 174 valence electrons. The van der Waals surface area contributed by atoms with E-state index in [0.717, 1.165) is 27.8 Å². The van der Waals surface area contributed by atoms with Crippen LogP contribution in [0.2, 0.25) is 0 Å². The van der Waals surface area contributed by atoms with Gasteiger partial charge < -0.3 is 9.73 Å². The number of fused-ring (bicyclic) bond motifs is 1. The highest BCUT2D eigenvalue weighted by Crippen LogP contribution is 2.32. The molecule has 8 nitrogen and oxygen atoms in total. The van der Waals surface area contributed by atoms with E-state index in [1.54, 1.807) is 24.5 Å². The van der Waals surface area contributed by atoms with E-state index in [0.29, 0.717) is 28.0 Å². The molecule has 0 saturated heterocycles. The average Bonchev–Trinajstić information content (AvgIpc) is 3.26. The number of aryl methyl sites for hydroxylation is 1. The molecule has 0 bridgehead atoms. The van der Waals surface area contributed by atoms with Gasteiger partial charge in [-0.1, -0.05) is 30.0 Å². The van der Waals surface area contributed by atoms with Crippen molar-refractivity contribution in [1.29, 1.82) is 0 Å². The second-order valence-corrected chi connectivity index (χ2v) is 8.88. The van der Waals surface area contributed by atoms with Crippen LogP contribution in [0.4, 0.5) is 5.69 Å². The molecule has 0 radical (unpaired) electrons. The Kier molecular flexibility index (Phi) is 6.15. The van der Waals surface area contributed by atoms with Crippen molar-refractivity contribution in [2.45, 2.75) is 24.8 Å². The summed E-state index contributed by atoms with van der Waals surface area (Å²) in [6, 6.07) is 18.6. The Morgan fingerprint density at radius 3 is 2.63 bits per heavy atom. The van der Waals surface area contributed by atoms with E-state index in [-0.39, 0.29) is 5.91 Å². The number of nitrogens with zero attached hydrogens (tertiary/aromatic N) is 4. The summed E-state index contributed by atoms with van der Waals surface area (Å²) < 4.78 is 7.42. The molecule has 3 aromatic heterocycles. The van der Waals surface area contributed by atoms with E-state index in [2.05, 4.69) is 20.5 Å². The van der Waals surface area contributed by atoms with Gasteiger partial charge >= 0.3 is 5.63 Å². The SMILES string of the molecule is CC(=O)Nc1ccc2c(CSc3nnc(-c4ccncc4)n3-c3ccccc3C)cc(=O)oc2c1. The van der Waals surface area contributed by atoms with Gasteiger partial charge in [0.25, 0.3) is 0 Å². The van der Waals surface area contributed by atoms with Gasteiger partial charge in [0.1, 0.15) is 5.58 Å². The third-order valence-corrected chi connectivity index (χ3v) is 6.41. The summed E-state index contributed by atoms with van der Waals surface area (Å²) in [6.45, 7) is 3.47. The Morgan fingerprint density at radius 2 is 1.86 bits per heavy atom. The molecule has 0 atom stereocenters. The number of thioether (sulfide) groups is 1. The maximum atomic E-state index is 12.3. The molecule has 5 rings (SSSR count). The van der Waals surface area contributed by atoms with Crippen molar-refractivity contribution in [2.75, 3.05) is 5.32 Å². The smallest absolute Gasteiger partial charge is 0.336 e. The summed E-state index contributed by atoms with van der Waals surface area (Å²) >= 11 is 1.48. The Hall–Kier alpha value is -4.24. The van der Waals surface area contributed by atoms with E-state index in [9.17, 15) is 9.59 Å². The first-order valence-corrected chi connectivity index (χ1v) is 11.9. The lowest BCUT2D eigenvalue weighted by molar-refractivity contribution is -0.114. The molecular weight excluding hydrogens is 462 g/mol. The first kappa shape index (κ1) is 22.5. The number of hydrogen-bond donors (Lipinski definition) is 1.